The van der Waals surface area contributed by atoms with Crippen molar-refractivity contribution in [3.8, 4) is 0 Å². The maximum atomic E-state index is 12.3. The Morgan fingerprint density at radius 1 is 1.08 bits per heavy atom. The molecule has 1 heterocycles. The third-order valence-electron chi connectivity index (χ3n) is 4.92. The molecule has 4 rings (SSSR count). The first kappa shape index (κ1) is 15.6. The van der Waals surface area contributed by atoms with Gasteiger partial charge in [0.05, 0.1) is 11.3 Å². The summed E-state index contributed by atoms with van der Waals surface area (Å²) in [7, 11) is 0. The van der Waals surface area contributed by atoms with Crippen molar-refractivity contribution in [1.82, 2.24) is 0 Å². The van der Waals surface area contributed by atoms with Crippen LogP contribution in [0.2, 0.25) is 0 Å². The van der Waals surface area contributed by atoms with Crippen LogP contribution in [0.15, 0.2) is 36.4 Å². The molecule has 0 saturated carbocycles. The van der Waals surface area contributed by atoms with E-state index in [1.54, 1.807) is 12.1 Å². The molecule has 0 atom stereocenters. The van der Waals surface area contributed by atoms with Crippen LogP contribution in [0.3, 0.4) is 0 Å². The molecule has 0 unspecified atom stereocenters. The Hall–Kier alpha value is -2.95. The number of nitro benzene ring substituents is 1. The van der Waals surface area contributed by atoms with E-state index < -0.39 is 0 Å². The first-order chi connectivity index (χ1) is 12.1. The van der Waals surface area contributed by atoms with Crippen molar-refractivity contribution < 1.29 is 9.72 Å². The maximum absolute atomic E-state index is 12.3. The summed E-state index contributed by atoms with van der Waals surface area (Å²) in [6.45, 7) is 2.14. The largest absolute Gasteiger partial charge is 0.325 e. The highest BCUT2D eigenvalue weighted by molar-refractivity contribution is 6.12. The van der Waals surface area contributed by atoms with E-state index in [0.717, 1.165) is 46.4 Å². The molecule has 5 heteroatoms. The second-order valence-corrected chi connectivity index (χ2v) is 6.59. The molecule has 126 valence electrons. The zero-order valence-corrected chi connectivity index (χ0v) is 14.0. The molecule has 1 aliphatic heterocycles. The van der Waals surface area contributed by atoms with Crippen molar-refractivity contribution in [2.24, 2.45) is 0 Å². The Morgan fingerprint density at radius 3 is 2.64 bits per heavy atom. The van der Waals surface area contributed by atoms with Crippen LogP contribution >= 0.6 is 0 Å². The van der Waals surface area contributed by atoms with Crippen LogP contribution in [0.1, 0.15) is 42.0 Å². The number of carbonyl (C=O) groups is 1. The Morgan fingerprint density at radius 2 is 1.88 bits per heavy atom. The van der Waals surface area contributed by atoms with E-state index in [4.69, 9.17) is 0 Å². The number of carbonyl (C=O) groups excluding carboxylic acids is 1. The summed E-state index contributed by atoms with van der Waals surface area (Å²) in [5, 5.41) is 14.1. The molecule has 1 amide bonds. The number of hydrogen-bond donors (Lipinski definition) is 1. The smallest absolute Gasteiger partial charge is 0.270 e. The lowest BCUT2D eigenvalue weighted by atomic mass is 9.95. The number of hydrogen-bond acceptors (Lipinski definition) is 3. The normalized spacial score (nSPS) is 15.2. The van der Waals surface area contributed by atoms with E-state index in [-0.39, 0.29) is 22.9 Å². The fraction of sp³-hybridized carbons (Fsp3) is 0.250. The molecule has 25 heavy (non-hydrogen) atoms. The summed E-state index contributed by atoms with van der Waals surface area (Å²) in [4.78, 5) is 23.1. The number of nitrogens with one attached hydrogen (secondary N) is 1. The minimum absolute atomic E-state index is 0.0668. The number of allylic oxidation sites excluding steroid dienone is 1. The highest BCUT2D eigenvalue weighted by Gasteiger charge is 2.30. The van der Waals surface area contributed by atoms with Crippen LogP contribution in [-0.4, -0.2) is 10.8 Å². The van der Waals surface area contributed by atoms with Gasteiger partial charge in [-0.15, -0.1) is 0 Å². The van der Waals surface area contributed by atoms with Gasteiger partial charge in [-0.05, 0) is 52.8 Å². The van der Waals surface area contributed by atoms with Gasteiger partial charge in [-0.3, -0.25) is 14.9 Å². The van der Waals surface area contributed by atoms with Gasteiger partial charge in [0.15, 0.2) is 0 Å². The fourth-order valence-corrected chi connectivity index (χ4v) is 3.78. The van der Waals surface area contributed by atoms with E-state index >= 15 is 0 Å². The van der Waals surface area contributed by atoms with Crippen molar-refractivity contribution >= 4 is 28.4 Å². The highest BCUT2D eigenvalue weighted by Crippen LogP contribution is 2.45. The van der Waals surface area contributed by atoms with Gasteiger partial charge in [-0.25, -0.2) is 0 Å². The number of benzene rings is 2. The summed E-state index contributed by atoms with van der Waals surface area (Å²) in [5.74, 6) is -0.0751. The molecule has 5 nitrogen and oxygen atoms in total. The van der Waals surface area contributed by atoms with Crippen molar-refractivity contribution in [1.29, 1.82) is 0 Å². The number of non-ortho nitro benzene ring substituents is 1. The summed E-state index contributed by atoms with van der Waals surface area (Å²) in [6, 6.07) is 11.1. The number of fused-ring (bicyclic) bond motifs is 4. The molecule has 1 aliphatic carbocycles. The molecular formula is C20H18N2O3. The van der Waals surface area contributed by atoms with Crippen LogP contribution < -0.4 is 5.32 Å². The van der Waals surface area contributed by atoms with E-state index in [9.17, 15) is 14.9 Å². The van der Waals surface area contributed by atoms with Crippen LogP contribution in [0.25, 0.3) is 11.1 Å². The third-order valence-corrected chi connectivity index (χ3v) is 4.92. The fourth-order valence-electron chi connectivity index (χ4n) is 3.78. The molecule has 2 aromatic carbocycles. The number of nitro groups is 1. The minimum Gasteiger partial charge on any atom is -0.325 e. The first-order valence-corrected chi connectivity index (χ1v) is 8.49. The van der Waals surface area contributed by atoms with Gasteiger partial charge in [-0.2, -0.15) is 0 Å². The molecule has 0 saturated heterocycles. The molecule has 0 fully saturated rings. The SMILES string of the molecule is CCCc1ccc2c(c1)C1=C(CC(=O)N2)c2cc([N+](=O)[O-])ccc2C1. The average Bonchev–Trinajstić information content (AvgIpc) is 2.87. The number of amides is 1. The Bertz CT molecular complexity index is 944. The lowest BCUT2D eigenvalue weighted by molar-refractivity contribution is -0.384. The standard InChI is InChI=1S/C20H18N2O3/c1-2-3-12-4-7-19-18(8-12)16-9-13-5-6-14(22(24)25)10-15(13)17(16)11-20(23)21-19/h4-8,10H,2-3,9,11H2,1H3,(H,21,23). The molecule has 0 aromatic heterocycles. The number of rotatable bonds is 3. The molecule has 2 aromatic rings. The van der Waals surface area contributed by atoms with Crippen LogP contribution in [0.4, 0.5) is 11.4 Å². The second-order valence-electron chi connectivity index (χ2n) is 6.59. The monoisotopic (exact) mass is 334 g/mol. The van der Waals surface area contributed by atoms with E-state index in [1.165, 1.54) is 5.56 Å². The maximum Gasteiger partial charge on any atom is 0.270 e. The lowest BCUT2D eigenvalue weighted by Crippen LogP contribution is -2.11. The zero-order chi connectivity index (χ0) is 17.6. The van der Waals surface area contributed by atoms with E-state index in [1.807, 2.05) is 12.1 Å². The molecule has 0 bridgehead atoms. The molecule has 0 spiro atoms. The summed E-state index contributed by atoms with van der Waals surface area (Å²) >= 11 is 0. The quantitative estimate of drug-likeness (QED) is 0.670. The highest BCUT2D eigenvalue weighted by atomic mass is 16.6. The van der Waals surface area contributed by atoms with Crippen LogP contribution in [0, 0.1) is 10.1 Å². The molecule has 0 radical (unpaired) electrons. The van der Waals surface area contributed by atoms with Gasteiger partial charge in [0, 0.05) is 23.4 Å². The average molecular weight is 334 g/mol. The topological polar surface area (TPSA) is 72.2 Å². The van der Waals surface area contributed by atoms with E-state index in [2.05, 4.69) is 24.4 Å². The van der Waals surface area contributed by atoms with Gasteiger partial charge in [0.1, 0.15) is 0 Å². The predicted octanol–water partition coefficient (Wildman–Crippen LogP) is 4.36. The van der Waals surface area contributed by atoms with Gasteiger partial charge in [0.2, 0.25) is 5.91 Å². The summed E-state index contributed by atoms with van der Waals surface area (Å²) < 4.78 is 0. The van der Waals surface area contributed by atoms with Gasteiger partial charge in [0.25, 0.3) is 5.69 Å². The van der Waals surface area contributed by atoms with Gasteiger partial charge < -0.3 is 5.32 Å². The van der Waals surface area contributed by atoms with Crippen molar-refractivity contribution in [3.05, 3.63) is 68.8 Å². The van der Waals surface area contributed by atoms with Crippen molar-refractivity contribution in [2.45, 2.75) is 32.6 Å². The van der Waals surface area contributed by atoms with Crippen molar-refractivity contribution in [2.75, 3.05) is 5.32 Å². The Labute approximate surface area is 145 Å². The molecular weight excluding hydrogens is 316 g/mol. The lowest BCUT2D eigenvalue weighted by Gasteiger charge is -2.12. The number of nitrogens with zero attached hydrogens (tertiary/aromatic N) is 1. The summed E-state index contributed by atoms with van der Waals surface area (Å²) in [6.07, 6.45) is 3.01. The third kappa shape index (κ3) is 2.61. The Balaban J connectivity index is 1.89. The summed E-state index contributed by atoms with van der Waals surface area (Å²) in [5.41, 5.74) is 7.11. The zero-order valence-electron chi connectivity index (χ0n) is 14.0. The second kappa shape index (κ2) is 5.84. The molecule has 2 aliphatic rings. The van der Waals surface area contributed by atoms with Gasteiger partial charge in [-0.1, -0.05) is 25.5 Å². The number of aryl methyl sites for hydroxylation is 1. The van der Waals surface area contributed by atoms with Gasteiger partial charge >= 0.3 is 0 Å². The van der Waals surface area contributed by atoms with Crippen molar-refractivity contribution in [3.63, 3.8) is 0 Å². The van der Waals surface area contributed by atoms with Crippen LogP contribution in [-0.2, 0) is 17.6 Å². The molecule has 1 N–H and O–H groups in total. The minimum atomic E-state index is -0.386. The van der Waals surface area contributed by atoms with E-state index in [0.29, 0.717) is 6.42 Å². The first-order valence-electron chi connectivity index (χ1n) is 8.49. The predicted molar refractivity (Wildman–Crippen MR) is 97.3 cm³/mol. The number of anilines is 1. The Kier molecular flexibility index (Phi) is 3.64. The van der Waals surface area contributed by atoms with Crippen LogP contribution in [0.5, 0.6) is 0 Å².